The third-order valence-corrected chi connectivity index (χ3v) is 3.06. The van der Waals surface area contributed by atoms with Crippen molar-refractivity contribution in [2.24, 2.45) is 5.92 Å². The van der Waals surface area contributed by atoms with E-state index in [1.54, 1.807) is 16.7 Å². The van der Waals surface area contributed by atoms with Crippen molar-refractivity contribution in [1.29, 1.82) is 0 Å². The summed E-state index contributed by atoms with van der Waals surface area (Å²) in [5, 5.41) is 8.89. The first-order chi connectivity index (χ1) is 8.56. The minimum atomic E-state index is -0.875. The second-order valence-corrected chi connectivity index (χ2v) is 4.51. The fourth-order valence-electron chi connectivity index (χ4n) is 1.89. The molecule has 1 rings (SSSR count). The molecule has 104 valence electrons. The Balaban J connectivity index is 2.57. The van der Waals surface area contributed by atoms with E-state index in [2.05, 4.69) is 0 Å². The molecule has 6 heteroatoms. The van der Waals surface area contributed by atoms with Crippen LogP contribution >= 0.6 is 0 Å². The zero-order chi connectivity index (χ0) is 13.5. The van der Waals surface area contributed by atoms with E-state index in [1.807, 2.05) is 6.92 Å². The molecule has 0 aromatic rings. The van der Waals surface area contributed by atoms with Crippen LogP contribution in [0.1, 0.15) is 20.3 Å². The summed E-state index contributed by atoms with van der Waals surface area (Å²) in [5.41, 5.74) is 0. The summed E-state index contributed by atoms with van der Waals surface area (Å²) in [6.07, 6.45) is 0.831. The highest BCUT2D eigenvalue weighted by molar-refractivity contribution is 5.76. The molecule has 0 aromatic heterocycles. The van der Waals surface area contributed by atoms with Gasteiger partial charge in [-0.15, -0.1) is 0 Å². The van der Waals surface area contributed by atoms with E-state index in [9.17, 15) is 9.59 Å². The van der Waals surface area contributed by atoms with Crippen LogP contribution in [0.5, 0.6) is 0 Å². The van der Waals surface area contributed by atoms with E-state index < -0.39 is 11.9 Å². The van der Waals surface area contributed by atoms with Crippen LogP contribution in [0, 0.1) is 5.92 Å². The van der Waals surface area contributed by atoms with Crippen molar-refractivity contribution in [3.8, 4) is 0 Å². The smallest absolute Gasteiger partial charge is 0.320 e. The molecule has 1 heterocycles. The summed E-state index contributed by atoms with van der Waals surface area (Å²) in [6, 6.07) is -0.0869. The van der Waals surface area contributed by atoms with Gasteiger partial charge >= 0.3 is 12.0 Å². The zero-order valence-electron chi connectivity index (χ0n) is 11.1. The number of nitrogens with zero attached hydrogens (tertiary/aromatic N) is 2. The standard InChI is InChI=1S/C12H22N2O4/c1-3-13(9-10(2)11(15)16)12(17)14-5-4-7-18-8-6-14/h10H,3-9H2,1-2H3,(H,15,16). The number of hydrogen-bond donors (Lipinski definition) is 1. The molecular weight excluding hydrogens is 236 g/mol. The van der Waals surface area contributed by atoms with Crippen molar-refractivity contribution < 1.29 is 19.4 Å². The second-order valence-electron chi connectivity index (χ2n) is 4.51. The molecule has 0 radical (unpaired) electrons. The monoisotopic (exact) mass is 258 g/mol. The molecule has 2 amide bonds. The van der Waals surface area contributed by atoms with Gasteiger partial charge in [-0.1, -0.05) is 6.92 Å². The Morgan fingerprint density at radius 1 is 1.39 bits per heavy atom. The van der Waals surface area contributed by atoms with E-state index in [-0.39, 0.29) is 12.6 Å². The predicted molar refractivity (Wildman–Crippen MR) is 66.5 cm³/mol. The molecule has 0 bridgehead atoms. The third-order valence-electron chi connectivity index (χ3n) is 3.06. The lowest BCUT2D eigenvalue weighted by Gasteiger charge is -2.29. The molecule has 1 aliphatic heterocycles. The summed E-state index contributed by atoms with van der Waals surface area (Å²) < 4.78 is 5.30. The van der Waals surface area contributed by atoms with E-state index in [1.165, 1.54) is 0 Å². The van der Waals surface area contributed by atoms with Crippen LogP contribution < -0.4 is 0 Å². The molecule has 1 fully saturated rings. The van der Waals surface area contributed by atoms with Crippen molar-refractivity contribution in [2.45, 2.75) is 20.3 Å². The maximum atomic E-state index is 12.2. The first kappa shape index (κ1) is 14.8. The molecule has 1 saturated heterocycles. The number of ether oxygens (including phenoxy) is 1. The molecule has 0 aromatic carbocycles. The molecule has 0 aliphatic carbocycles. The van der Waals surface area contributed by atoms with Gasteiger partial charge < -0.3 is 19.6 Å². The molecule has 1 aliphatic rings. The Kier molecular flexibility index (Phi) is 5.91. The molecule has 6 nitrogen and oxygen atoms in total. The van der Waals surface area contributed by atoms with Gasteiger partial charge in [-0.05, 0) is 13.3 Å². The average Bonchev–Trinajstić information content (AvgIpc) is 2.63. The van der Waals surface area contributed by atoms with Gasteiger partial charge in [0, 0.05) is 32.8 Å². The van der Waals surface area contributed by atoms with Crippen molar-refractivity contribution in [1.82, 2.24) is 9.80 Å². The quantitative estimate of drug-likeness (QED) is 0.812. The van der Waals surface area contributed by atoms with Gasteiger partial charge in [0.1, 0.15) is 0 Å². The number of amides is 2. The lowest BCUT2D eigenvalue weighted by molar-refractivity contribution is -0.141. The molecule has 18 heavy (non-hydrogen) atoms. The molecule has 1 N–H and O–H groups in total. The Bertz CT molecular complexity index is 288. The van der Waals surface area contributed by atoms with Gasteiger partial charge in [-0.25, -0.2) is 4.79 Å². The third kappa shape index (κ3) is 4.18. The lowest BCUT2D eigenvalue weighted by atomic mass is 10.2. The minimum Gasteiger partial charge on any atom is -0.481 e. The Labute approximate surface area is 107 Å². The largest absolute Gasteiger partial charge is 0.481 e. The van der Waals surface area contributed by atoms with Gasteiger partial charge in [0.2, 0.25) is 0 Å². The van der Waals surface area contributed by atoms with Crippen molar-refractivity contribution in [3.63, 3.8) is 0 Å². The SMILES string of the molecule is CCN(CC(C)C(=O)O)C(=O)N1CCCOCC1. The highest BCUT2D eigenvalue weighted by Gasteiger charge is 2.24. The van der Waals surface area contributed by atoms with Gasteiger partial charge in [-0.2, -0.15) is 0 Å². The van der Waals surface area contributed by atoms with E-state index in [0.717, 1.165) is 6.42 Å². The number of carboxylic acids is 1. The summed E-state index contributed by atoms with van der Waals surface area (Å²) in [5.74, 6) is -1.42. The summed E-state index contributed by atoms with van der Waals surface area (Å²) in [4.78, 5) is 26.4. The average molecular weight is 258 g/mol. The van der Waals surface area contributed by atoms with Crippen LogP contribution in [0.4, 0.5) is 4.79 Å². The number of urea groups is 1. The Morgan fingerprint density at radius 2 is 2.11 bits per heavy atom. The number of carbonyl (C=O) groups excluding carboxylic acids is 1. The van der Waals surface area contributed by atoms with E-state index in [4.69, 9.17) is 9.84 Å². The molecule has 0 spiro atoms. The first-order valence-electron chi connectivity index (χ1n) is 6.40. The second kappa shape index (κ2) is 7.20. The van der Waals surface area contributed by atoms with Crippen LogP contribution in [0.25, 0.3) is 0 Å². The number of aliphatic carboxylic acids is 1. The maximum absolute atomic E-state index is 12.2. The lowest BCUT2D eigenvalue weighted by Crippen LogP contribution is -2.46. The van der Waals surface area contributed by atoms with Crippen LogP contribution in [0.15, 0.2) is 0 Å². The van der Waals surface area contributed by atoms with Crippen molar-refractivity contribution >= 4 is 12.0 Å². The summed E-state index contributed by atoms with van der Waals surface area (Å²) >= 11 is 0. The fraction of sp³-hybridized carbons (Fsp3) is 0.833. The topological polar surface area (TPSA) is 70.1 Å². The first-order valence-corrected chi connectivity index (χ1v) is 6.40. The van der Waals surface area contributed by atoms with Crippen molar-refractivity contribution in [3.05, 3.63) is 0 Å². The highest BCUT2D eigenvalue weighted by Crippen LogP contribution is 2.07. The van der Waals surface area contributed by atoms with Gasteiger partial charge in [-0.3, -0.25) is 4.79 Å². The van der Waals surface area contributed by atoms with Crippen LogP contribution in [0.2, 0.25) is 0 Å². The highest BCUT2D eigenvalue weighted by atomic mass is 16.5. The van der Waals surface area contributed by atoms with Crippen LogP contribution in [-0.4, -0.2) is 66.3 Å². The van der Waals surface area contributed by atoms with E-state index in [0.29, 0.717) is 32.8 Å². The zero-order valence-corrected chi connectivity index (χ0v) is 11.1. The van der Waals surface area contributed by atoms with Gasteiger partial charge in [0.25, 0.3) is 0 Å². The Hall–Kier alpha value is -1.30. The number of rotatable bonds is 4. The van der Waals surface area contributed by atoms with Crippen LogP contribution in [0.3, 0.4) is 0 Å². The fourth-order valence-corrected chi connectivity index (χ4v) is 1.89. The molecule has 1 atom stereocenters. The number of hydrogen-bond acceptors (Lipinski definition) is 3. The van der Waals surface area contributed by atoms with Crippen LogP contribution in [-0.2, 0) is 9.53 Å². The number of carbonyl (C=O) groups is 2. The van der Waals surface area contributed by atoms with Gasteiger partial charge in [0.05, 0.1) is 12.5 Å². The van der Waals surface area contributed by atoms with Crippen molar-refractivity contribution in [2.75, 3.05) is 39.4 Å². The van der Waals surface area contributed by atoms with Gasteiger partial charge in [0.15, 0.2) is 0 Å². The molecule has 1 unspecified atom stereocenters. The predicted octanol–water partition coefficient (Wildman–Crippen LogP) is 0.871. The number of carboxylic acid groups (broad SMARTS) is 1. The normalized spacial score (nSPS) is 18.0. The molecule has 0 saturated carbocycles. The maximum Gasteiger partial charge on any atom is 0.320 e. The molecular formula is C12H22N2O4. The Morgan fingerprint density at radius 3 is 2.72 bits per heavy atom. The minimum absolute atomic E-state index is 0.0869. The van der Waals surface area contributed by atoms with E-state index >= 15 is 0 Å². The summed E-state index contributed by atoms with van der Waals surface area (Å²) in [7, 11) is 0. The summed E-state index contributed by atoms with van der Waals surface area (Å²) in [6.45, 7) is 6.74.